The Morgan fingerprint density at radius 1 is 1.33 bits per heavy atom. The molecule has 1 aromatic rings. The van der Waals surface area contributed by atoms with Gasteiger partial charge in [0.2, 0.25) is 10.0 Å². The molecule has 0 spiro atoms. The Hall–Kier alpha value is -1.84. The molecule has 6 heteroatoms. The first-order valence-corrected chi connectivity index (χ1v) is 8.17. The van der Waals surface area contributed by atoms with E-state index in [1.165, 1.54) is 4.31 Å². The van der Waals surface area contributed by atoms with Gasteiger partial charge in [-0.05, 0) is 38.3 Å². The van der Waals surface area contributed by atoms with Crippen molar-refractivity contribution in [2.75, 3.05) is 13.1 Å². The van der Waals surface area contributed by atoms with Crippen LogP contribution in [0.5, 0.6) is 0 Å². The number of amides is 1. The third-order valence-electron chi connectivity index (χ3n) is 3.38. The summed E-state index contributed by atoms with van der Waals surface area (Å²) < 4.78 is 26.4. The molecule has 1 aliphatic heterocycles. The van der Waals surface area contributed by atoms with Crippen molar-refractivity contribution in [3.05, 3.63) is 29.8 Å². The molecular formula is C15H18N2O3S. The van der Waals surface area contributed by atoms with Gasteiger partial charge in [0, 0.05) is 19.1 Å². The van der Waals surface area contributed by atoms with Gasteiger partial charge in [0.25, 0.3) is 5.91 Å². The quantitative estimate of drug-likeness (QED) is 0.844. The highest BCUT2D eigenvalue weighted by Gasteiger charge is 2.32. The molecule has 1 aromatic carbocycles. The van der Waals surface area contributed by atoms with Gasteiger partial charge in [-0.3, -0.25) is 4.79 Å². The number of rotatable bonds is 3. The Bertz CT molecular complexity index is 684. The van der Waals surface area contributed by atoms with Crippen molar-refractivity contribution < 1.29 is 13.2 Å². The molecule has 21 heavy (non-hydrogen) atoms. The van der Waals surface area contributed by atoms with E-state index in [9.17, 15) is 13.2 Å². The molecular weight excluding hydrogens is 288 g/mol. The number of aryl methyl sites for hydroxylation is 1. The molecule has 1 unspecified atom stereocenters. The largest absolute Gasteiger partial charge is 0.341 e. The molecule has 1 saturated heterocycles. The second-order valence-electron chi connectivity index (χ2n) is 5.01. The van der Waals surface area contributed by atoms with Crippen LogP contribution in [-0.4, -0.2) is 37.8 Å². The predicted molar refractivity (Wildman–Crippen MR) is 79.9 cm³/mol. The van der Waals surface area contributed by atoms with Gasteiger partial charge >= 0.3 is 0 Å². The minimum absolute atomic E-state index is 0.182. The summed E-state index contributed by atoms with van der Waals surface area (Å²) >= 11 is 0. The molecule has 112 valence electrons. The van der Waals surface area contributed by atoms with Crippen LogP contribution in [0.2, 0.25) is 0 Å². The lowest BCUT2D eigenvalue weighted by molar-refractivity contribution is -0.116. The van der Waals surface area contributed by atoms with Crippen molar-refractivity contribution in [1.82, 2.24) is 9.62 Å². The molecule has 0 radical (unpaired) electrons. The van der Waals surface area contributed by atoms with E-state index in [1.54, 1.807) is 31.2 Å². The van der Waals surface area contributed by atoms with Crippen molar-refractivity contribution in [1.29, 1.82) is 0 Å². The molecule has 1 amide bonds. The number of hydrogen-bond donors (Lipinski definition) is 1. The second kappa shape index (κ2) is 6.29. The molecule has 0 aromatic heterocycles. The van der Waals surface area contributed by atoms with E-state index in [0.717, 1.165) is 5.56 Å². The molecule has 0 bridgehead atoms. The Kier molecular flexibility index (Phi) is 4.66. The van der Waals surface area contributed by atoms with Gasteiger partial charge in [-0.2, -0.15) is 4.31 Å². The first kappa shape index (κ1) is 15.5. The zero-order valence-electron chi connectivity index (χ0n) is 12.1. The lowest BCUT2D eigenvalue weighted by Crippen LogP contribution is -2.37. The number of benzene rings is 1. The first-order valence-electron chi connectivity index (χ1n) is 6.73. The van der Waals surface area contributed by atoms with Gasteiger partial charge in [-0.25, -0.2) is 8.42 Å². The minimum atomic E-state index is -3.49. The van der Waals surface area contributed by atoms with Crippen LogP contribution < -0.4 is 5.32 Å². The third-order valence-corrected chi connectivity index (χ3v) is 5.26. The Morgan fingerprint density at radius 3 is 2.62 bits per heavy atom. The maximum atomic E-state index is 12.5. The summed E-state index contributed by atoms with van der Waals surface area (Å²) in [7, 11) is -3.49. The summed E-state index contributed by atoms with van der Waals surface area (Å²) in [6, 6.07) is 6.59. The van der Waals surface area contributed by atoms with E-state index in [2.05, 4.69) is 17.2 Å². The standard InChI is InChI=1S/C15H18N2O3S/c1-3-4-15(18)16-13-9-10-17(11-13)21(19,20)14-7-5-12(2)6-8-14/h5-8,13H,9-11H2,1-2H3,(H,16,18). The van der Waals surface area contributed by atoms with Gasteiger partial charge in [0.1, 0.15) is 0 Å². The predicted octanol–water partition coefficient (Wildman–Crippen LogP) is 0.898. The van der Waals surface area contributed by atoms with Gasteiger partial charge in [0.15, 0.2) is 0 Å². The number of nitrogens with one attached hydrogen (secondary N) is 1. The van der Waals surface area contributed by atoms with E-state index in [0.29, 0.717) is 13.0 Å². The summed E-state index contributed by atoms with van der Waals surface area (Å²) in [5.74, 6) is 4.55. The second-order valence-corrected chi connectivity index (χ2v) is 6.95. The van der Waals surface area contributed by atoms with Crippen LogP contribution in [0.25, 0.3) is 0 Å². The maximum Gasteiger partial charge on any atom is 0.296 e. The molecule has 5 nitrogen and oxygen atoms in total. The normalized spacial score (nSPS) is 18.9. The van der Waals surface area contributed by atoms with E-state index >= 15 is 0 Å². The first-order chi connectivity index (χ1) is 9.93. The molecule has 1 fully saturated rings. The molecule has 2 rings (SSSR count). The van der Waals surface area contributed by atoms with Gasteiger partial charge in [-0.15, -0.1) is 0 Å². The highest BCUT2D eigenvalue weighted by molar-refractivity contribution is 7.89. The highest BCUT2D eigenvalue weighted by atomic mass is 32.2. The smallest absolute Gasteiger partial charge is 0.296 e. The van der Waals surface area contributed by atoms with Crippen molar-refractivity contribution in [2.45, 2.75) is 31.2 Å². The average Bonchev–Trinajstić information content (AvgIpc) is 2.88. The fraction of sp³-hybridized carbons (Fsp3) is 0.400. The number of sulfonamides is 1. The van der Waals surface area contributed by atoms with Crippen molar-refractivity contribution in [3.63, 3.8) is 0 Å². The highest BCUT2D eigenvalue weighted by Crippen LogP contribution is 2.21. The lowest BCUT2D eigenvalue weighted by Gasteiger charge is -2.16. The zero-order chi connectivity index (χ0) is 15.5. The van der Waals surface area contributed by atoms with Crippen LogP contribution in [0.4, 0.5) is 0 Å². The minimum Gasteiger partial charge on any atom is -0.341 e. The lowest BCUT2D eigenvalue weighted by atomic mass is 10.2. The van der Waals surface area contributed by atoms with E-state index < -0.39 is 10.0 Å². The van der Waals surface area contributed by atoms with Crippen LogP contribution in [0, 0.1) is 18.8 Å². The SMILES string of the molecule is CC#CC(=O)NC1CCN(S(=O)(=O)c2ccc(C)cc2)C1. The number of carbonyl (C=O) groups excluding carboxylic acids is 1. The van der Waals surface area contributed by atoms with E-state index in [-0.39, 0.29) is 23.4 Å². The van der Waals surface area contributed by atoms with Crippen LogP contribution in [0.15, 0.2) is 29.2 Å². The fourth-order valence-corrected chi connectivity index (χ4v) is 3.76. The summed E-state index contributed by atoms with van der Waals surface area (Å²) in [6.45, 7) is 4.18. The fourth-order valence-electron chi connectivity index (χ4n) is 2.26. The summed E-state index contributed by atoms with van der Waals surface area (Å²) in [5.41, 5.74) is 1.01. The molecule has 0 aliphatic carbocycles. The summed E-state index contributed by atoms with van der Waals surface area (Å²) in [5, 5.41) is 2.72. The Labute approximate surface area is 125 Å². The van der Waals surface area contributed by atoms with Crippen LogP contribution >= 0.6 is 0 Å². The molecule has 1 aliphatic rings. The van der Waals surface area contributed by atoms with E-state index in [1.807, 2.05) is 6.92 Å². The van der Waals surface area contributed by atoms with Gasteiger partial charge < -0.3 is 5.32 Å². The molecule has 1 N–H and O–H groups in total. The molecule has 0 saturated carbocycles. The van der Waals surface area contributed by atoms with Crippen LogP contribution in [-0.2, 0) is 14.8 Å². The summed E-state index contributed by atoms with van der Waals surface area (Å²) in [4.78, 5) is 11.7. The van der Waals surface area contributed by atoms with Crippen LogP contribution in [0.3, 0.4) is 0 Å². The van der Waals surface area contributed by atoms with Gasteiger partial charge in [0.05, 0.1) is 4.90 Å². The van der Waals surface area contributed by atoms with Crippen molar-refractivity contribution in [2.24, 2.45) is 0 Å². The van der Waals surface area contributed by atoms with Crippen LogP contribution in [0.1, 0.15) is 18.9 Å². The average molecular weight is 306 g/mol. The zero-order valence-corrected chi connectivity index (χ0v) is 12.9. The number of hydrogen-bond acceptors (Lipinski definition) is 3. The Balaban J connectivity index is 2.07. The number of nitrogens with zero attached hydrogens (tertiary/aromatic N) is 1. The van der Waals surface area contributed by atoms with Crippen molar-refractivity contribution >= 4 is 15.9 Å². The Morgan fingerprint density at radius 2 is 2.00 bits per heavy atom. The molecule has 1 atom stereocenters. The monoisotopic (exact) mass is 306 g/mol. The van der Waals surface area contributed by atoms with Gasteiger partial charge in [-0.1, -0.05) is 23.6 Å². The summed E-state index contributed by atoms with van der Waals surface area (Å²) in [6.07, 6.45) is 0.599. The topological polar surface area (TPSA) is 66.5 Å². The maximum absolute atomic E-state index is 12.5. The number of carbonyl (C=O) groups is 1. The van der Waals surface area contributed by atoms with E-state index in [4.69, 9.17) is 0 Å². The third kappa shape index (κ3) is 3.63. The molecule has 1 heterocycles. The van der Waals surface area contributed by atoms with Crippen molar-refractivity contribution in [3.8, 4) is 11.8 Å².